The van der Waals surface area contributed by atoms with Crippen LogP contribution in [0.15, 0.2) is 23.6 Å². The van der Waals surface area contributed by atoms with Gasteiger partial charge >= 0.3 is 0 Å². The summed E-state index contributed by atoms with van der Waals surface area (Å²) in [6.07, 6.45) is 0.789. The van der Waals surface area contributed by atoms with E-state index in [1.807, 2.05) is 37.4 Å². The van der Waals surface area contributed by atoms with Crippen LogP contribution in [0.25, 0.3) is 10.6 Å². The molecule has 0 aromatic carbocycles. The van der Waals surface area contributed by atoms with Crippen LogP contribution in [-0.2, 0) is 11.3 Å². The van der Waals surface area contributed by atoms with Gasteiger partial charge in [0.05, 0.1) is 18.0 Å². The minimum Gasteiger partial charge on any atom is -0.394 e. The van der Waals surface area contributed by atoms with Gasteiger partial charge in [-0.3, -0.25) is 4.79 Å². The van der Waals surface area contributed by atoms with Crippen molar-refractivity contribution in [2.24, 2.45) is 5.92 Å². The topological polar surface area (TPSA) is 67.2 Å². The summed E-state index contributed by atoms with van der Waals surface area (Å²) in [7, 11) is 0. The van der Waals surface area contributed by atoms with E-state index in [0.29, 0.717) is 12.4 Å². The van der Waals surface area contributed by atoms with Crippen LogP contribution in [0.4, 0.5) is 5.82 Å². The molecule has 1 unspecified atom stereocenters. The maximum atomic E-state index is 12.0. The van der Waals surface area contributed by atoms with Crippen LogP contribution >= 0.6 is 11.3 Å². The van der Waals surface area contributed by atoms with Gasteiger partial charge in [0.25, 0.3) is 0 Å². The molecule has 0 fully saturated rings. The van der Waals surface area contributed by atoms with Crippen LogP contribution in [0.1, 0.15) is 20.3 Å². The Hall–Kier alpha value is -1.66. The van der Waals surface area contributed by atoms with Crippen molar-refractivity contribution >= 4 is 23.1 Å². The number of aromatic nitrogens is 2. The van der Waals surface area contributed by atoms with E-state index >= 15 is 0 Å². The average Bonchev–Trinajstić information content (AvgIpc) is 3.08. The molecule has 0 aliphatic carbocycles. The fraction of sp³-hybridized carbons (Fsp3) is 0.429. The number of amides is 1. The van der Waals surface area contributed by atoms with Gasteiger partial charge in [-0.05, 0) is 17.9 Å². The van der Waals surface area contributed by atoms with E-state index in [-0.39, 0.29) is 18.4 Å². The molecule has 2 aromatic heterocycles. The highest BCUT2D eigenvalue weighted by molar-refractivity contribution is 7.13. The van der Waals surface area contributed by atoms with Gasteiger partial charge in [0.1, 0.15) is 11.5 Å². The largest absolute Gasteiger partial charge is 0.394 e. The number of aliphatic hydroxyl groups excluding tert-OH is 1. The first-order valence-electron chi connectivity index (χ1n) is 6.69. The molecule has 108 valence electrons. The summed E-state index contributed by atoms with van der Waals surface area (Å²) < 4.78 is 1.63. The third-order valence-electron chi connectivity index (χ3n) is 3.18. The molecule has 20 heavy (non-hydrogen) atoms. The Kier molecular flexibility index (Phi) is 4.92. The SMILES string of the molecule is CCC(C)C(=O)Nc1cc(-c2cccs2)nn1CCO. The Labute approximate surface area is 122 Å². The van der Waals surface area contributed by atoms with Crippen LogP contribution in [0.2, 0.25) is 0 Å². The molecule has 0 aliphatic heterocycles. The Bertz CT molecular complexity index is 563. The molecule has 6 heteroatoms. The van der Waals surface area contributed by atoms with Crippen molar-refractivity contribution in [3.8, 4) is 10.6 Å². The lowest BCUT2D eigenvalue weighted by Crippen LogP contribution is -2.22. The first-order chi connectivity index (χ1) is 9.65. The standard InChI is InChI=1S/C14H19N3O2S/c1-3-10(2)14(19)15-13-9-11(12-5-4-8-20-12)16-17(13)6-7-18/h4-5,8-10,18H,3,6-7H2,1-2H3,(H,15,19). The summed E-state index contributed by atoms with van der Waals surface area (Å²) in [4.78, 5) is 13.0. The van der Waals surface area contributed by atoms with Crippen LogP contribution in [-0.4, -0.2) is 27.4 Å². The van der Waals surface area contributed by atoms with Crippen molar-refractivity contribution in [2.45, 2.75) is 26.8 Å². The molecule has 5 nitrogen and oxygen atoms in total. The Morgan fingerprint density at radius 3 is 3.00 bits per heavy atom. The van der Waals surface area contributed by atoms with Crippen molar-refractivity contribution in [1.82, 2.24) is 9.78 Å². The number of aliphatic hydroxyl groups is 1. The van der Waals surface area contributed by atoms with Crippen molar-refractivity contribution in [1.29, 1.82) is 0 Å². The first-order valence-corrected chi connectivity index (χ1v) is 7.57. The summed E-state index contributed by atoms with van der Waals surface area (Å²) in [6, 6.07) is 5.79. The van der Waals surface area contributed by atoms with Gasteiger partial charge in [0.2, 0.25) is 5.91 Å². The third kappa shape index (κ3) is 3.26. The summed E-state index contributed by atoms with van der Waals surface area (Å²) in [5.41, 5.74) is 0.813. The van der Waals surface area contributed by atoms with E-state index in [9.17, 15) is 4.79 Å². The summed E-state index contributed by atoms with van der Waals surface area (Å²) in [6.45, 7) is 4.22. The van der Waals surface area contributed by atoms with Crippen LogP contribution in [0.3, 0.4) is 0 Å². The zero-order valence-corrected chi connectivity index (χ0v) is 12.5. The number of hydrogen-bond donors (Lipinski definition) is 2. The van der Waals surface area contributed by atoms with Crippen molar-refractivity contribution < 1.29 is 9.90 Å². The van der Waals surface area contributed by atoms with E-state index in [2.05, 4.69) is 10.4 Å². The smallest absolute Gasteiger partial charge is 0.228 e. The van der Waals surface area contributed by atoms with E-state index in [0.717, 1.165) is 17.0 Å². The maximum Gasteiger partial charge on any atom is 0.228 e. The van der Waals surface area contributed by atoms with E-state index < -0.39 is 0 Å². The highest BCUT2D eigenvalue weighted by Crippen LogP contribution is 2.26. The molecule has 2 rings (SSSR count). The number of rotatable bonds is 6. The van der Waals surface area contributed by atoms with E-state index in [4.69, 9.17) is 5.11 Å². The maximum absolute atomic E-state index is 12.0. The number of anilines is 1. The zero-order chi connectivity index (χ0) is 14.5. The zero-order valence-electron chi connectivity index (χ0n) is 11.7. The minimum absolute atomic E-state index is 0.0161. The van der Waals surface area contributed by atoms with Gasteiger partial charge in [-0.15, -0.1) is 11.3 Å². The Morgan fingerprint density at radius 2 is 2.40 bits per heavy atom. The Morgan fingerprint density at radius 1 is 1.60 bits per heavy atom. The quantitative estimate of drug-likeness (QED) is 0.860. The second-order valence-electron chi connectivity index (χ2n) is 4.64. The number of nitrogens with zero attached hydrogens (tertiary/aromatic N) is 2. The number of thiophene rings is 1. The fourth-order valence-electron chi connectivity index (χ4n) is 1.76. The highest BCUT2D eigenvalue weighted by Gasteiger charge is 2.15. The highest BCUT2D eigenvalue weighted by atomic mass is 32.1. The van der Waals surface area contributed by atoms with Crippen LogP contribution in [0, 0.1) is 5.92 Å². The second-order valence-corrected chi connectivity index (χ2v) is 5.59. The molecule has 2 N–H and O–H groups in total. The van der Waals surface area contributed by atoms with Gasteiger partial charge in [0.15, 0.2) is 0 Å². The molecule has 0 saturated carbocycles. The fourth-order valence-corrected chi connectivity index (χ4v) is 2.44. The Balaban J connectivity index is 2.24. The predicted molar refractivity (Wildman–Crippen MR) is 80.7 cm³/mol. The normalized spacial score (nSPS) is 12.3. The van der Waals surface area contributed by atoms with Crippen molar-refractivity contribution in [3.63, 3.8) is 0 Å². The molecule has 1 amide bonds. The van der Waals surface area contributed by atoms with Crippen molar-refractivity contribution in [3.05, 3.63) is 23.6 Å². The molecule has 0 aliphatic rings. The molecule has 0 spiro atoms. The van der Waals surface area contributed by atoms with Gasteiger partial charge in [-0.2, -0.15) is 5.10 Å². The monoisotopic (exact) mass is 293 g/mol. The summed E-state index contributed by atoms with van der Waals surface area (Å²) >= 11 is 1.59. The molecule has 1 atom stereocenters. The molecular formula is C14H19N3O2S. The minimum atomic E-state index is -0.0438. The lowest BCUT2D eigenvalue weighted by molar-refractivity contribution is -0.119. The number of carbonyl (C=O) groups is 1. The average molecular weight is 293 g/mol. The van der Waals surface area contributed by atoms with E-state index in [1.54, 1.807) is 16.0 Å². The summed E-state index contributed by atoms with van der Waals surface area (Å²) in [5.74, 6) is 0.565. The molecule has 0 radical (unpaired) electrons. The van der Waals surface area contributed by atoms with Crippen LogP contribution in [0.5, 0.6) is 0 Å². The van der Waals surface area contributed by atoms with Gasteiger partial charge in [0, 0.05) is 12.0 Å². The molecular weight excluding hydrogens is 274 g/mol. The number of carbonyl (C=O) groups excluding carboxylic acids is 1. The predicted octanol–water partition coefficient (Wildman–Crippen LogP) is 2.59. The molecule has 2 aromatic rings. The van der Waals surface area contributed by atoms with Crippen molar-refractivity contribution in [2.75, 3.05) is 11.9 Å². The van der Waals surface area contributed by atoms with Gasteiger partial charge in [-0.25, -0.2) is 4.68 Å². The first kappa shape index (κ1) is 14.7. The lowest BCUT2D eigenvalue weighted by Gasteiger charge is -2.10. The van der Waals surface area contributed by atoms with Crippen LogP contribution < -0.4 is 5.32 Å². The lowest BCUT2D eigenvalue weighted by atomic mass is 10.1. The molecule has 2 heterocycles. The third-order valence-corrected chi connectivity index (χ3v) is 4.07. The molecule has 0 bridgehead atoms. The van der Waals surface area contributed by atoms with Gasteiger partial charge in [-0.1, -0.05) is 19.9 Å². The van der Waals surface area contributed by atoms with Gasteiger partial charge < -0.3 is 10.4 Å². The number of nitrogens with one attached hydrogen (secondary N) is 1. The number of hydrogen-bond acceptors (Lipinski definition) is 4. The second kappa shape index (κ2) is 6.67. The molecule has 0 saturated heterocycles. The summed E-state index contributed by atoms with van der Waals surface area (Å²) in [5, 5.41) is 18.4. The van der Waals surface area contributed by atoms with E-state index in [1.165, 1.54) is 0 Å².